The molecule has 0 heterocycles. The highest BCUT2D eigenvalue weighted by Gasteiger charge is 2.15. The second-order valence-electron chi connectivity index (χ2n) is 5.30. The molecule has 2 atom stereocenters. The first-order valence-corrected chi connectivity index (χ1v) is 7.40. The Labute approximate surface area is 111 Å². The van der Waals surface area contributed by atoms with Crippen LogP contribution in [0.25, 0.3) is 0 Å². The first-order valence-electron chi connectivity index (χ1n) is 7.40. The lowest BCUT2D eigenvalue weighted by Crippen LogP contribution is -2.33. The molecule has 18 heavy (non-hydrogen) atoms. The Morgan fingerprint density at radius 1 is 1.17 bits per heavy atom. The van der Waals surface area contributed by atoms with E-state index in [2.05, 4.69) is 5.32 Å². The number of hydrogen-bond acceptors (Lipinski definition) is 4. The van der Waals surface area contributed by atoms with Gasteiger partial charge in [0.05, 0.1) is 24.9 Å². The van der Waals surface area contributed by atoms with E-state index in [1.165, 1.54) is 19.3 Å². The highest BCUT2D eigenvalue weighted by molar-refractivity contribution is 4.67. The first-order chi connectivity index (χ1) is 8.72. The van der Waals surface area contributed by atoms with Crippen LogP contribution in [-0.2, 0) is 4.74 Å². The van der Waals surface area contributed by atoms with E-state index in [1.54, 1.807) is 0 Å². The summed E-state index contributed by atoms with van der Waals surface area (Å²) >= 11 is 0. The van der Waals surface area contributed by atoms with Gasteiger partial charge in [0.15, 0.2) is 0 Å². The molecule has 2 unspecified atom stereocenters. The van der Waals surface area contributed by atoms with Crippen molar-refractivity contribution in [1.82, 2.24) is 5.32 Å². The molecule has 1 aliphatic carbocycles. The fourth-order valence-electron chi connectivity index (χ4n) is 2.28. The van der Waals surface area contributed by atoms with Crippen LogP contribution < -0.4 is 5.32 Å². The molecule has 0 radical (unpaired) electrons. The molecule has 1 rings (SSSR count). The molecule has 1 saturated carbocycles. The second kappa shape index (κ2) is 9.73. The Morgan fingerprint density at radius 2 is 1.89 bits per heavy atom. The van der Waals surface area contributed by atoms with Crippen molar-refractivity contribution < 1.29 is 14.9 Å². The fourth-order valence-corrected chi connectivity index (χ4v) is 2.28. The van der Waals surface area contributed by atoms with Crippen LogP contribution >= 0.6 is 0 Å². The lowest BCUT2D eigenvalue weighted by molar-refractivity contribution is -0.0230. The van der Waals surface area contributed by atoms with Gasteiger partial charge < -0.3 is 20.3 Å². The molecular formula is C14H29NO3. The van der Waals surface area contributed by atoms with E-state index >= 15 is 0 Å². The Kier molecular flexibility index (Phi) is 8.59. The molecule has 0 aromatic carbocycles. The standard InChI is InChI=1S/C14H29NO3/c1-2-12(16)8-9-15-10-13(17)11-18-14-6-4-3-5-7-14/h12-17H,2-11H2,1H3. The largest absolute Gasteiger partial charge is 0.393 e. The van der Waals surface area contributed by atoms with Crippen molar-refractivity contribution in [3.63, 3.8) is 0 Å². The number of hydrogen-bond donors (Lipinski definition) is 3. The van der Waals surface area contributed by atoms with Crippen LogP contribution in [-0.4, -0.2) is 48.2 Å². The van der Waals surface area contributed by atoms with Crippen LogP contribution in [0.5, 0.6) is 0 Å². The zero-order valence-electron chi connectivity index (χ0n) is 11.6. The van der Waals surface area contributed by atoms with Gasteiger partial charge in [0.2, 0.25) is 0 Å². The number of aliphatic hydroxyl groups excluding tert-OH is 2. The predicted molar refractivity (Wildman–Crippen MR) is 72.6 cm³/mol. The fraction of sp³-hybridized carbons (Fsp3) is 1.00. The van der Waals surface area contributed by atoms with Crippen molar-refractivity contribution in [3.8, 4) is 0 Å². The first kappa shape index (κ1) is 15.9. The summed E-state index contributed by atoms with van der Waals surface area (Å²) in [7, 11) is 0. The smallest absolute Gasteiger partial charge is 0.0897 e. The van der Waals surface area contributed by atoms with Crippen LogP contribution in [0.15, 0.2) is 0 Å². The van der Waals surface area contributed by atoms with Crippen LogP contribution in [0, 0.1) is 0 Å². The topological polar surface area (TPSA) is 61.7 Å². The molecule has 0 aliphatic heterocycles. The van der Waals surface area contributed by atoms with Gasteiger partial charge in [-0.1, -0.05) is 26.2 Å². The van der Waals surface area contributed by atoms with Crippen molar-refractivity contribution in [3.05, 3.63) is 0 Å². The summed E-state index contributed by atoms with van der Waals surface area (Å²) < 4.78 is 5.70. The minimum absolute atomic E-state index is 0.229. The van der Waals surface area contributed by atoms with Crippen molar-refractivity contribution >= 4 is 0 Å². The third-order valence-corrected chi connectivity index (χ3v) is 3.58. The number of rotatable bonds is 9. The van der Waals surface area contributed by atoms with Crippen LogP contribution in [0.3, 0.4) is 0 Å². The summed E-state index contributed by atoms with van der Waals surface area (Å²) in [5.41, 5.74) is 0. The van der Waals surface area contributed by atoms with Gasteiger partial charge in [-0.05, 0) is 32.2 Å². The van der Waals surface area contributed by atoms with Crippen molar-refractivity contribution in [2.45, 2.75) is 70.2 Å². The SMILES string of the molecule is CCC(O)CCNCC(O)COC1CCCCC1. The van der Waals surface area contributed by atoms with Crippen molar-refractivity contribution in [2.75, 3.05) is 19.7 Å². The molecule has 0 aromatic heterocycles. The third-order valence-electron chi connectivity index (χ3n) is 3.58. The quantitative estimate of drug-likeness (QED) is 0.548. The highest BCUT2D eigenvalue weighted by Crippen LogP contribution is 2.20. The monoisotopic (exact) mass is 259 g/mol. The zero-order valence-corrected chi connectivity index (χ0v) is 11.6. The van der Waals surface area contributed by atoms with Crippen molar-refractivity contribution in [1.29, 1.82) is 0 Å². The number of ether oxygens (including phenoxy) is 1. The van der Waals surface area contributed by atoms with Crippen LogP contribution in [0.4, 0.5) is 0 Å². The molecular weight excluding hydrogens is 230 g/mol. The summed E-state index contributed by atoms with van der Waals surface area (Å²) in [5.74, 6) is 0. The van der Waals surface area contributed by atoms with Crippen LogP contribution in [0.1, 0.15) is 51.9 Å². The molecule has 0 bridgehead atoms. The van der Waals surface area contributed by atoms with E-state index in [4.69, 9.17) is 4.74 Å². The van der Waals surface area contributed by atoms with Crippen LogP contribution in [0.2, 0.25) is 0 Å². The van der Waals surface area contributed by atoms with Gasteiger partial charge in [-0.2, -0.15) is 0 Å². The summed E-state index contributed by atoms with van der Waals surface area (Å²) in [4.78, 5) is 0. The Bertz CT molecular complexity index is 195. The predicted octanol–water partition coefficient (Wildman–Crippen LogP) is 1.45. The third kappa shape index (κ3) is 7.31. The van der Waals surface area contributed by atoms with Gasteiger partial charge >= 0.3 is 0 Å². The molecule has 108 valence electrons. The molecule has 4 heteroatoms. The van der Waals surface area contributed by atoms with E-state index in [-0.39, 0.29) is 6.10 Å². The van der Waals surface area contributed by atoms with Gasteiger partial charge in [0.25, 0.3) is 0 Å². The average molecular weight is 259 g/mol. The number of aliphatic hydroxyl groups is 2. The zero-order chi connectivity index (χ0) is 13.2. The maximum Gasteiger partial charge on any atom is 0.0897 e. The maximum absolute atomic E-state index is 9.75. The normalized spacial score (nSPS) is 20.8. The minimum atomic E-state index is -0.439. The molecule has 0 aromatic rings. The average Bonchev–Trinajstić information content (AvgIpc) is 2.42. The summed E-state index contributed by atoms with van der Waals surface area (Å²) in [5, 5.41) is 22.3. The van der Waals surface area contributed by atoms with E-state index in [9.17, 15) is 10.2 Å². The van der Waals surface area contributed by atoms with E-state index in [0.29, 0.717) is 19.3 Å². The van der Waals surface area contributed by atoms with E-state index in [0.717, 1.165) is 32.2 Å². The van der Waals surface area contributed by atoms with Gasteiger partial charge in [0, 0.05) is 6.54 Å². The van der Waals surface area contributed by atoms with Crippen molar-refractivity contribution in [2.24, 2.45) is 0 Å². The molecule has 1 fully saturated rings. The molecule has 0 spiro atoms. The molecule has 0 amide bonds. The Balaban J connectivity index is 1.94. The Morgan fingerprint density at radius 3 is 2.56 bits per heavy atom. The van der Waals surface area contributed by atoms with Gasteiger partial charge in [0.1, 0.15) is 0 Å². The highest BCUT2D eigenvalue weighted by atomic mass is 16.5. The van der Waals surface area contributed by atoms with Gasteiger partial charge in [-0.15, -0.1) is 0 Å². The number of nitrogens with one attached hydrogen (secondary N) is 1. The van der Waals surface area contributed by atoms with Gasteiger partial charge in [-0.3, -0.25) is 0 Å². The molecule has 4 nitrogen and oxygen atoms in total. The molecule has 3 N–H and O–H groups in total. The van der Waals surface area contributed by atoms with E-state index < -0.39 is 6.10 Å². The summed E-state index contributed by atoms with van der Waals surface area (Å²) in [6.45, 7) is 3.68. The molecule has 1 aliphatic rings. The lowest BCUT2D eigenvalue weighted by Gasteiger charge is -2.23. The Hall–Kier alpha value is -0.160. The summed E-state index contributed by atoms with van der Waals surface area (Å²) in [6.07, 6.45) is 7.34. The van der Waals surface area contributed by atoms with E-state index in [1.807, 2.05) is 6.92 Å². The second-order valence-corrected chi connectivity index (χ2v) is 5.30. The maximum atomic E-state index is 9.75. The lowest BCUT2D eigenvalue weighted by atomic mass is 9.98. The molecule has 0 saturated heterocycles. The van der Waals surface area contributed by atoms with Gasteiger partial charge in [-0.25, -0.2) is 0 Å². The summed E-state index contributed by atoms with van der Waals surface area (Å²) in [6, 6.07) is 0. The minimum Gasteiger partial charge on any atom is -0.393 e.